The fourth-order valence-electron chi connectivity index (χ4n) is 6.37. The van der Waals surface area contributed by atoms with Gasteiger partial charge in [0, 0.05) is 22.5 Å². The van der Waals surface area contributed by atoms with Crippen molar-refractivity contribution in [1.82, 2.24) is 19.6 Å². The summed E-state index contributed by atoms with van der Waals surface area (Å²) in [6, 6.07) is 12.8. The normalized spacial score (nSPS) is 23.9. The van der Waals surface area contributed by atoms with Crippen LogP contribution in [-0.4, -0.2) is 94.8 Å². The van der Waals surface area contributed by atoms with Gasteiger partial charge in [0.1, 0.15) is 0 Å². The zero-order valence-corrected chi connectivity index (χ0v) is 23.1. The monoisotopic (exact) mass is 568 g/mol. The molecule has 12 nitrogen and oxygen atoms in total. The lowest BCUT2D eigenvalue weighted by Crippen LogP contribution is -2.80. The van der Waals surface area contributed by atoms with E-state index in [0.29, 0.717) is 22.5 Å². The average molecular weight is 569 g/mol. The molecule has 4 aliphatic rings. The topological polar surface area (TPSA) is 106 Å². The van der Waals surface area contributed by atoms with Gasteiger partial charge in [0.15, 0.2) is 0 Å². The summed E-state index contributed by atoms with van der Waals surface area (Å²) in [5.41, 5.74) is -1.60. The summed E-state index contributed by atoms with van der Waals surface area (Å²) in [7, 11) is 0. The smallest absolute Gasteiger partial charge is 0.359 e. The highest BCUT2D eigenvalue weighted by Gasteiger charge is 2.89. The van der Waals surface area contributed by atoms with E-state index in [4.69, 9.17) is 22.3 Å². The third-order valence-electron chi connectivity index (χ3n) is 8.14. The predicted molar refractivity (Wildman–Crippen MR) is 150 cm³/mol. The van der Waals surface area contributed by atoms with Crippen molar-refractivity contribution in [2.45, 2.75) is 25.2 Å². The highest BCUT2D eigenvalue weighted by molar-refractivity contribution is 6.10. The van der Waals surface area contributed by atoms with Crippen molar-refractivity contribution in [3.63, 3.8) is 0 Å². The number of amides is 4. The zero-order chi connectivity index (χ0) is 29.8. The number of esters is 2. The Morgan fingerprint density at radius 2 is 0.976 bits per heavy atom. The van der Waals surface area contributed by atoms with E-state index in [9.17, 15) is 19.2 Å². The van der Waals surface area contributed by atoms with Crippen LogP contribution in [0.15, 0.2) is 48.5 Å². The van der Waals surface area contributed by atoms with Crippen molar-refractivity contribution >= 4 is 35.4 Å². The van der Waals surface area contributed by atoms with E-state index in [1.807, 2.05) is 0 Å². The van der Waals surface area contributed by atoms with Gasteiger partial charge in [-0.3, -0.25) is 19.6 Å². The molecule has 0 atom stereocenters. The van der Waals surface area contributed by atoms with Crippen LogP contribution in [0.1, 0.15) is 25.0 Å². The number of urea groups is 2. The lowest BCUT2D eigenvalue weighted by molar-refractivity contribution is -0.194. The Kier molecular flexibility index (Phi) is 6.15. The van der Waals surface area contributed by atoms with Crippen molar-refractivity contribution in [3.05, 3.63) is 59.7 Å². The number of anilines is 2. The van der Waals surface area contributed by atoms with Crippen LogP contribution in [0.4, 0.5) is 21.0 Å². The van der Waals surface area contributed by atoms with E-state index in [0.717, 1.165) is 0 Å². The van der Waals surface area contributed by atoms with Crippen LogP contribution in [0, 0.1) is 24.7 Å². The summed E-state index contributed by atoms with van der Waals surface area (Å²) in [4.78, 5) is 65.5. The summed E-state index contributed by atoms with van der Waals surface area (Å²) in [5.74, 6) is 3.34. The molecule has 0 radical (unpaired) electrons. The Morgan fingerprint density at radius 3 is 1.24 bits per heavy atom. The molecule has 4 saturated heterocycles. The van der Waals surface area contributed by atoms with E-state index < -0.39 is 35.3 Å². The first kappa shape index (κ1) is 26.8. The Balaban J connectivity index is 1.52. The van der Waals surface area contributed by atoms with Crippen LogP contribution in [-0.2, 0) is 19.1 Å². The van der Waals surface area contributed by atoms with Crippen LogP contribution < -0.4 is 9.80 Å². The molecule has 0 aliphatic carbocycles. The second kappa shape index (κ2) is 9.63. The van der Waals surface area contributed by atoms with Gasteiger partial charge in [-0.05, 0) is 62.4 Å². The molecule has 0 unspecified atom stereocenters. The number of benzene rings is 2. The standard InChI is InChI=1S/C30H28N6O6/c1-5-21-9-13-23(14-10-21)31-17-33-27(39)35-19-32(24-15-11-22(6-2)12-16-24)20-36-28(40)34(18-31)29(33,25(37)41-7-3)30(35,36)26(38)42-8-4/h1-2,9-16H,7-8,17-20H2,3-4H3. The lowest BCUT2D eigenvalue weighted by atomic mass is 9.89. The minimum absolute atomic E-state index is 0.0333. The predicted octanol–water partition coefficient (Wildman–Crippen LogP) is 1.81. The third kappa shape index (κ3) is 3.26. The Labute approximate surface area is 242 Å². The number of hydrogen-bond acceptors (Lipinski definition) is 8. The summed E-state index contributed by atoms with van der Waals surface area (Å²) < 4.78 is 11.1. The first-order valence-corrected chi connectivity index (χ1v) is 13.5. The molecule has 42 heavy (non-hydrogen) atoms. The van der Waals surface area contributed by atoms with Crippen molar-refractivity contribution in [3.8, 4) is 24.7 Å². The van der Waals surface area contributed by atoms with E-state index in [-0.39, 0.29) is 39.9 Å². The Morgan fingerprint density at radius 1 is 0.667 bits per heavy atom. The molecular weight excluding hydrogens is 540 g/mol. The minimum Gasteiger partial charge on any atom is -0.463 e. The molecule has 12 heteroatoms. The largest absolute Gasteiger partial charge is 0.463 e. The average Bonchev–Trinajstić information content (AvgIpc) is 3.40. The zero-order valence-electron chi connectivity index (χ0n) is 23.1. The maximum absolute atomic E-state index is 14.4. The SMILES string of the molecule is C#Cc1ccc(N2CN3C(=O)N4CN(c5ccc(C#C)cc5)CN5C(=O)N(C2)C3(C(=O)OCC)C45C(=O)OCC)cc1. The molecule has 214 valence electrons. The Hall–Kier alpha value is -5.36. The summed E-state index contributed by atoms with van der Waals surface area (Å²) in [6.45, 7) is 2.73. The van der Waals surface area contributed by atoms with Gasteiger partial charge >= 0.3 is 24.0 Å². The van der Waals surface area contributed by atoms with Gasteiger partial charge in [-0.25, -0.2) is 19.2 Å². The molecule has 0 bridgehead atoms. The van der Waals surface area contributed by atoms with Crippen LogP contribution in [0.2, 0.25) is 0 Å². The van der Waals surface area contributed by atoms with E-state index >= 15 is 0 Å². The van der Waals surface area contributed by atoms with E-state index in [1.54, 1.807) is 72.2 Å². The quantitative estimate of drug-likeness (QED) is 0.384. The van der Waals surface area contributed by atoms with Crippen molar-refractivity contribution in [2.24, 2.45) is 0 Å². The van der Waals surface area contributed by atoms with Gasteiger partial charge in [-0.1, -0.05) is 11.8 Å². The van der Waals surface area contributed by atoms with Crippen molar-refractivity contribution < 1.29 is 28.7 Å². The van der Waals surface area contributed by atoms with Crippen molar-refractivity contribution in [2.75, 3.05) is 49.7 Å². The summed E-state index contributed by atoms with van der Waals surface area (Å²) in [6.07, 6.45) is 11.0. The molecule has 0 spiro atoms. The summed E-state index contributed by atoms with van der Waals surface area (Å²) >= 11 is 0. The van der Waals surface area contributed by atoms with Gasteiger partial charge in [0.25, 0.3) is 11.3 Å². The number of hydrogen-bond donors (Lipinski definition) is 0. The summed E-state index contributed by atoms with van der Waals surface area (Å²) in [5, 5.41) is 0. The second-order valence-electron chi connectivity index (χ2n) is 10.1. The maximum atomic E-state index is 14.4. The molecule has 4 aliphatic heterocycles. The van der Waals surface area contributed by atoms with Crippen LogP contribution >= 0.6 is 0 Å². The lowest BCUT2D eigenvalue weighted by Gasteiger charge is -2.51. The fourth-order valence-corrected chi connectivity index (χ4v) is 6.37. The molecule has 2 aromatic carbocycles. The molecule has 4 amide bonds. The minimum atomic E-state index is -2.13. The first-order chi connectivity index (χ1) is 20.3. The molecule has 0 aromatic heterocycles. The van der Waals surface area contributed by atoms with Gasteiger partial charge in [0.05, 0.1) is 39.9 Å². The van der Waals surface area contributed by atoms with Gasteiger partial charge in [0.2, 0.25) is 0 Å². The van der Waals surface area contributed by atoms with Crippen molar-refractivity contribution in [1.29, 1.82) is 0 Å². The van der Waals surface area contributed by atoms with Gasteiger partial charge in [-0.2, -0.15) is 0 Å². The van der Waals surface area contributed by atoms with Crippen LogP contribution in [0.25, 0.3) is 0 Å². The number of carbonyl (C=O) groups is 4. The maximum Gasteiger partial charge on any atom is 0.359 e. The number of nitrogens with zero attached hydrogens (tertiary/aromatic N) is 6. The third-order valence-corrected chi connectivity index (χ3v) is 8.14. The molecule has 0 saturated carbocycles. The fraction of sp³-hybridized carbons (Fsp3) is 0.333. The van der Waals surface area contributed by atoms with Crippen LogP contribution in [0.5, 0.6) is 0 Å². The molecule has 6 rings (SSSR count). The second-order valence-corrected chi connectivity index (χ2v) is 10.1. The van der Waals surface area contributed by atoms with Gasteiger partial charge < -0.3 is 19.3 Å². The molecular formula is C30H28N6O6. The molecule has 0 N–H and O–H groups in total. The number of terminal acetylenes is 2. The number of ether oxygens (including phenoxy) is 2. The number of rotatable bonds is 6. The van der Waals surface area contributed by atoms with E-state index in [2.05, 4.69) is 11.8 Å². The molecule has 2 aromatic rings. The number of carbonyl (C=O) groups excluding carboxylic acids is 4. The Bertz CT molecular complexity index is 1410. The highest BCUT2D eigenvalue weighted by atomic mass is 16.6. The first-order valence-electron chi connectivity index (χ1n) is 13.5. The highest BCUT2D eigenvalue weighted by Crippen LogP contribution is 2.56. The van der Waals surface area contributed by atoms with Gasteiger partial charge in [-0.15, -0.1) is 12.8 Å². The molecule has 4 heterocycles. The van der Waals surface area contributed by atoms with E-state index in [1.165, 1.54) is 19.6 Å². The molecule has 4 fully saturated rings. The van der Waals surface area contributed by atoms with Crippen LogP contribution in [0.3, 0.4) is 0 Å².